The van der Waals surface area contributed by atoms with E-state index < -0.39 is 0 Å². The topological polar surface area (TPSA) is 55.8 Å². The van der Waals surface area contributed by atoms with Crippen LogP contribution in [0.2, 0.25) is 0 Å². The van der Waals surface area contributed by atoms with E-state index in [4.69, 9.17) is 9.47 Å². The lowest BCUT2D eigenvalue weighted by atomic mass is 9.97. The number of amides is 1. The van der Waals surface area contributed by atoms with Crippen molar-refractivity contribution in [3.05, 3.63) is 27.2 Å². The van der Waals surface area contributed by atoms with Crippen molar-refractivity contribution >= 4 is 27.8 Å². The summed E-state index contributed by atoms with van der Waals surface area (Å²) in [5.41, 5.74) is 3.24. The smallest absolute Gasteiger partial charge is 0.309 e. The molecule has 25 heavy (non-hydrogen) atoms. The highest BCUT2D eigenvalue weighted by Gasteiger charge is 2.28. The van der Waals surface area contributed by atoms with Crippen LogP contribution in [0.1, 0.15) is 36.5 Å². The van der Waals surface area contributed by atoms with Crippen LogP contribution in [0.15, 0.2) is 10.5 Å². The molecule has 1 aliphatic heterocycles. The fourth-order valence-electron chi connectivity index (χ4n) is 3.02. The summed E-state index contributed by atoms with van der Waals surface area (Å²) >= 11 is 3.57. The highest BCUT2D eigenvalue weighted by atomic mass is 79.9. The van der Waals surface area contributed by atoms with Crippen LogP contribution < -0.4 is 4.74 Å². The Morgan fingerprint density at radius 3 is 2.44 bits per heavy atom. The Morgan fingerprint density at radius 2 is 1.84 bits per heavy atom. The third kappa shape index (κ3) is 4.75. The molecule has 0 radical (unpaired) electrons. The van der Waals surface area contributed by atoms with E-state index in [2.05, 4.69) is 15.9 Å². The van der Waals surface area contributed by atoms with Gasteiger partial charge in [-0.2, -0.15) is 0 Å². The van der Waals surface area contributed by atoms with E-state index in [0.29, 0.717) is 32.5 Å². The molecule has 5 nitrogen and oxygen atoms in total. The molecule has 2 rings (SSSR count). The zero-order valence-corrected chi connectivity index (χ0v) is 16.9. The lowest BCUT2D eigenvalue weighted by Gasteiger charge is -2.30. The summed E-state index contributed by atoms with van der Waals surface area (Å²) in [6.45, 7) is 9.40. The lowest BCUT2D eigenvalue weighted by Crippen LogP contribution is -2.42. The summed E-state index contributed by atoms with van der Waals surface area (Å²) in [4.78, 5) is 25.9. The Morgan fingerprint density at radius 1 is 1.20 bits per heavy atom. The Kier molecular flexibility index (Phi) is 6.87. The average molecular weight is 412 g/mol. The third-order valence-electron chi connectivity index (χ3n) is 4.77. The number of nitrogens with zero attached hydrogens (tertiary/aromatic N) is 1. The normalized spacial score (nSPS) is 15.2. The molecular formula is C19H26BrNO4. The van der Waals surface area contributed by atoms with Crippen molar-refractivity contribution in [3.63, 3.8) is 0 Å². The molecule has 0 atom stereocenters. The van der Waals surface area contributed by atoms with E-state index in [1.807, 2.05) is 26.8 Å². The Bertz CT molecular complexity index is 651. The minimum atomic E-state index is -0.151. The van der Waals surface area contributed by atoms with E-state index in [0.717, 1.165) is 26.9 Å². The van der Waals surface area contributed by atoms with Gasteiger partial charge in [-0.3, -0.25) is 9.59 Å². The van der Waals surface area contributed by atoms with E-state index >= 15 is 0 Å². The molecular weight excluding hydrogens is 386 g/mol. The van der Waals surface area contributed by atoms with Crippen LogP contribution in [0.25, 0.3) is 0 Å². The predicted molar refractivity (Wildman–Crippen MR) is 99.8 cm³/mol. The summed E-state index contributed by atoms with van der Waals surface area (Å²) < 4.78 is 11.9. The molecule has 0 unspecified atom stereocenters. The molecule has 1 aromatic carbocycles. The molecule has 0 bridgehead atoms. The number of hydrogen-bond donors (Lipinski definition) is 0. The molecule has 0 spiro atoms. The van der Waals surface area contributed by atoms with Gasteiger partial charge in [-0.15, -0.1) is 0 Å². The van der Waals surface area contributed by atoms with Gasteiger partial charge < -0.3 is 14.4 Å². The van der Waals surface area contributed by atoms with Crippen molar-refractivity contribution in [2.24, 2.45) is 5.92 Å². The van der Waals surface area contributed by atoms with E-state index in [9.17, 15) is 9.59 Å². The first-order chi connectivity index (χ1) is 11.8. The van der Waals surface area contributed by atoms with Crippen LogP contribution in [0.3, 0.4) is 0 Å². The van der Waals surface area contributed by atoms with Crippen molar-refractivity contribution in [3.8, 4) is 5.75 Å². The van der Waals surface area contributed by atoms with Crippen LogP contribution in [0.5, 0.6) is 5.75 Å². The number of rotatable bonds is 5. The molecule has 1 aromatic rings. The summed E-state index contributed by atoms with van der Waals surface area (Å²) in [5.74, 6) is 0.458. The van der Waals surface area contributed by atoms with Gasteiger partial charge in [0.2, 0.25) is 0 Å². The van der Waals surface area contributed by atoms with Crippen molar-refractivity contribution in [2.45, 2.75) is 40.5 Å². The van der Waals surface area contributed by atoms with Crippen LogP contribution >= 0.6 is 15.9 Å². The summed E-state index contributed by atoms with van der Waals surface area (Å²) in [7, 11) is 0. The maximum atomic E-state index is 12.4. The summed E-state index contributed by atoms with van der Waals surface area (Å²) in [5, 5.41) is 0. The van der Waals surface area contributed by atoms with Crippen LogP contribution in [0.4, 0.5) is 0 Å². The number of likely N-dealkylation sites (tertiary alicyclic amines) is 1. The van der Waals surface area contributed by atoms with Gasteiger partial charge in [-0.05, 0) is 63.3 Å². The number of hydrogen-bond acceptors (Lipinski definition) is 4. The van der Waals surface area contributed by atoms with Crippen molar-refractivity contribution in [1.29, 1.82) is 0 Å². The van der Waals surface area contributed by atoms with Gasteiger partial charge in [0, 0.05) is 17.6 Å². The number of esters is 1. The van der Waals surface area contributed by atoms with Gasteiger partial charge in [0.25, 0.3) is 5.91 Å². The number of aryl methyl sites for hydroxylation is 1. The maximum absolute atomic E-state index is 12.4. The van der Waals surface area contributed by atoms with Crippen molar-refractivity contribution in [2.75, 3.05) is 26.3 Å². The second-order valence-corrected chi connectivity index (χ2v) is 7.24. The number of ether oxygens (including phenoxy) is 2. The summed E-state index contributed by atoms with van der Waals surface area (Å²) in [6, 6.07) is 1.95. The molecule has 138 valence electrons. The zero-order valence-electron chi connectivity index (χ0n) is 15.4. The third-order valence-corrected chi connectivity index (χ3v) is 5.99. The van der Waals surface area contributed by atoms with E-state index in [1.54, 1.807) is 11.8 Å². The van der Waals surface area contributed by atoms with Gasteiger partial charge in [0.1, 0.15) is 5.75 Å². The first-order valence-electron chi connectivity index (χ1n) is 8.68. The molecule has 0 aliphatic carbocycles. The van der Waals surface area contributed by atoms with Gasteiger partial charge in [0.05, 0.1) is 12.5 Å². The molecule has 1 fully saturated rings. The SMILES string of the molecule is CCOC(=O)C1CCN(C(=O)COc2cc(C)c(Br)c(C)c2C)CC1. The molecule has 0 aromatic heterocycles. The number of carbonyl (C=O) groups is 2. The minimum absolute atomic E-state index is 0.0193. The van der Waals surface area contributed by atoms with Crippen LogP contribution in [0, 0.1) is 26.7 Å². The zero-order chi connectivity index (χ0) is 18.6. The predicted octanol–water partition coefficient (Wildman–Crippen LogP) is 3.55. The largest absolute Gasteiger partial charge is 0.483 e. The molecule has 0 N–H and O–H groups in total. The highest BCUT2D eigenvalue weighted by Crippen LogP contribution is 2.31. The van der Waals surface area contributed by atoms with E-state index in [1.165, 1.54) is 0 Å². The highest BCUT2D eigenvalue weighted by molar-refractivity contribution is 9.10. The fraction of sp³-hybridized carbons (Fsp3) is 0.579. The average Bonchev–Trinajstić information content (AvgIpc) is 2.62. The molecule has 1 amide bonds. The number of carbonyl (C=O) groups excluding carboxylic acids is 2. The Labute approximate surface area is 157 Å². The van der Waals surface area contributed by atoms with Gasteiger partial charge in [-0.1, -0.05) is 15.9 Å². The monoisotopic (exact) mass is 411 g/mol. The number of halogens is 1. The van der Waals surface area contributed by atoms with Gasteiger partial charge >= 0.3 is 5.97 Å². The van der Waals surface area contributed by atoms with Crippen LogP contribution in [-0.2, 0) is 14.3 Å². The second kappa shape index (κ2) is 8.70. The maximum Gasteiger partial charge on any atom is 0.309 e. The number of benzene rings is 1. The van der Waals surface area contributed by atoms with E-state index in [-0.39, 0.29) is 24.4 Å². The summed E-state index contributed by atoms with van der Waals surface area (Å²) in [6.07, 6.45) is 1.31. The standard InChI is InChI=1S/C19H26BrNO4/c1-5-24-19(23)15-6-8-21(9-7-15)17(22)11-25-16-10-12(2)18(20)14(4)13(16)3/h10,15H,5-9,11H2,1-4H3. The second-order valence-electron chi connectivity index (χ2n) is 6.45. The van der Waals surface area contributed by atoms with Gasteiger partial charge in [-0.25, -0.2) is 0 Å². The molecule has 1 saturated heterocycles. The van der Waals surface area contributed by atoms with Crippen molar-refractivity contribution in [1.82, 2.24) is 4.90 Å². The first-order valence-corrected chi connectivity index (χ1v) is 9.48. The Hall–Kier alpha value is -1.56. The molecule has 0 saturated carbocycles. The molecule has 1 aliphatic rings. The number of piperidine rings is 1. The van der Waals surface area contributed by atoms with Crippen LogP contribution in [-0.4, -0.2) is 43.1 Å². The molecule has 6 heteroatoms. The molecule has 1 heterocycles. The van der Waals surface area contributed by atoms with Gasteiger partial charge in [0.15, 0.2) is 6.61 Å². The fourth-order valence-corrected chi connectivity index (χ4v) is 3.43. The minimum Gasteiger partial charge on any atom is -0.483 e. The lowest BCUT2D eigenvalue weighted by molar-refractivity contribution is -0.151. The van der Waals surface area contributed by atoms with Crippen molar-refractivity contribution < 1.29 is 19.1 Å². The first kappa shape index (κ1) is 19.8. The quantitative estimate of drug-likeness (QED) is 0.695. The Balaban J connectivity index is 1.89.